The van der Waals surface area contributed by atoms with E-state index in [-0.39, 0.29) is 30.4 Å². The van der Waals surface area contributed by atoms with Crippen LogP contribution in [0.25, 0.3) is 0 Å². The average Bonchev–Trinajstić information content (AvgIpc) is 3.08. The number of thioether (sulfide) groups is 1. The third-order valence-corrected chi connectivity index (χ3v) is 5.80. The topological polar surface area (TPSA) is 62.2 Å². The number of ether oxygens (including phenoxy) is 1. The Balaban J connectivity index is 2.03. The van der Waals surface area contributed by atoms with Crippen molar-refractivity contribution in [1.82, 2.24) is 9.80 Å². The summed E-state index contributed by atoms with van der Waals surface area (Å²) < 4.78 is 5.54. The van der Waals surface area contributed by atoms with Gasteiger partial charge in [-0.1, -0.05) is 42.1 Å². The van der Waals surface area contributed by atoms with Crippen LogP contribution in [0.4, 0.5) is 0 Å². The molecule has 0 spiro atoms. The first-order valence-corrected chi connectivity index (χ1v) is 10.7. The van der Waals surface area contributed by atoms with E-state index in [0.717, 1.165) is 16.4 Å². The summed E-state index contributed by atoms with van der Waals surface area (Å²) in [6.45, 7) is 8.10. The van der Waals surface area contributed by atoms with Gasteiger partial charge in [0.2, 0.25) is 5.91 Å². The van der Waals surface area contributed by atoms with E-state index in [2.05, 4.69) is 4.99 Å². The normalized spacial score (nSPS) is 18.4. The molecule has 1 atom stereocenters. The Kier molecular flexibility index (Phi) is 6.47. The minimum absolute atomic E-state index is 0.0324. The summed E-state index contributed by atoms with van der Waals surface area (Å²) in [6.07, 6.45) is 0.0259. The highest BCUT2D eigenvalue weighted by Gasteiger charge is 2.41. The van der Waals surface area contributed by atoms with Gasteiger partial charge in [0.1, 0.15) is 0 Å². The van der Waals surface area contributed by atoms with Gasteiger partial charge in [-0.05, 0) is 38.7 Å². The summed E-state index contributed by atoms with van der Waals surface area (Å²) in [7, 11) is 1.79. The second-order valence-corrected chi connectivity index (χ2v) is 8.18. The molecule has 0 saturated heterocycles. The number of hydrogen-bond donors (Lipinski definition) is 0. The minimum atomic E-state index is -0.379. The zero-order valence-electron chi connectivity index (χ0n) is 17.5. The molecule has 0 radical (unpaired) electrons. The number of benzene rings is 1. The molecule has 3 rings (SSSR count). The lowest BCUT2D eigenvalue weighted by molar-refractivity contribution is -0.143. The van der Waals surface area contributed by atoms with Gasteiger partial charge >= 0.3 is 5.97 Å². The van der Waals surface area contributed by atoms with Crippen LogP contribution in [0.15, 0.2) is 57.7 Å². The van der Waals surface area contributed by atoms with Crippen molar-refractivity contribution in [3.63, 3.8) is 0 Å². The summed E-state index contributed by atoms with van der Waals surface area (Å²) >= 11 is 1.48. The number of esters is 1. The summed E-state index contributed by atoms with van der Waals surface area (Å²) in [5.41, 5.74) is 2.96. The molecule has 6 nitrogen and oxygen atoms in total. The van der Waals surface area contributed by atoms with Gasteiger partial charge in [-0.3, -0.25) is 4.79 Å². The van der Waals surface area contributed by atoms with Crippen molar-refractivity contribution >= 4 is 28.8 Å². The van der Waals surface area contributed by atoms with E-state index in [1.165, 1.54) is 11.8 Å². The standard InChI is InChI=1S/C22H27N3O3S/c1-6-24(5)18(26)12-17-13-29-22-23-15(4)19(21(27)28-14(2)3)20(25(17)22)16-10-8-7-9-11-16/h7-11,13-14,20H,6,12H2,1-5H3. The second kappa shape index (κ2) is 8.86. The minimum Gasteiger partial charge on any atom is -0.459 e. The Morgan fingerprint density at radius 1 is 1.28 bits per heavy atom. The highest BCUT2D eigenvalue weighted by atomic mass is 32.2. The Bertz CT molecular complexity index is 890. The molecule has 0 aromatic heterocycles. The van der Waals surface area contributed by atoms with E-state index >= 15 is 0 Å². The molecule has 1 aromatic rings. The lowest BCUT2D eigenvalue weighted by Gasteiger charge is -2.36. The molecule has 1 aromatic carbocycles. The number of nitrogens with zero attached hydrogens (tertiary/aromatic N) is 3. The van der Waals surface area contributed by atoms with Crippen LogP contribution in [0, 0.1) is 0 Å². The van der Waals surface area contributed by atoms with Crippen LogP contribution in [0.3, 0.4) is 0 Å². The molecule has 0 N–H and O–H groups in total. The van der Waals surface area contributed by atoms with E-state index < -0.39 is 0 Å². The SMILES string of the molecule is CCN(C)C(=O)CC1=CSC2=NC(C)=C(C(=O)OC(C)C)C(c3ccccc3)N12. The maximum Gasteiger partial charge on any atom is 0.338 e. The van der Waals surface area contributed by atoms with Crippen LogP contribution in [-0.4, -0.2) is 46.5 Å². The summed E-state index contributed by atoms with van der Waals surface area (Å²) in [6, 6.07) is 9.44. The van der Waals surface area contributed by atoms with Crippen LogP contribution in [0.5, 0.6) is 0 Å². The molecule has 2 aliphatic rings. The predicted molar refractivity (Wildman–Crippen MR) is 116 cm³/mol. The highest BCUT2D eigenvalue weighted by molar-refractivity contribution is 8.16. The van der Waals surface area contributed by atoms with Crippen LogP contribution in [-0.2, 0) is 14.3 Å². The maximum absolute atomic E-state index is 13.0. The van der Waals surface area contributed by atoms with Gasteiger partial charge in [0.05, 0.1) is 29.8 Å². The molecule has 1 unspecified atom stereocenters. The molecule has 7 heteroatoms. The van der Waals surface area contributed by atoms with Crippen molar-refractivity contribution in [2.75, 3.05) is 13.6 Å². The zero-order valence-corrected chi connectivity index (χ0v) is 18.3. The monoisotopic (exact) mass is 413 g/mol. The Morgan fingerprint density at radius 2 is 1.97 bits per heavy atom. The molecule has 0 fully saturated rings. The molecule has 154 valence electrons. The first-order chi connectivity index (χ1) is 13.8. The highest BCUT2D eigenvalue weighted by Crippen LogP contribution is 2.44. The number of rotatable bonds is 6. The zero-order chi connectivity index (χ0) is 21.1. The van der Waals surface area contributed by atoms with Crippen molar-refractivity contribution in [2.24, 2.45) is 4.99 Å². The van der Waals surface area contributed by atoms with Crippen LogP contribution < -0.4 is 0 Å². The summed E-state index contributed by atoms with van der Waals surface area (Å²) in [5, 5.41) is 2.74. The molecule has 0 saturated carbocycles. The molecular formula is C22H27N3O3S. The van der Waals surface area contributed by atoms with Crippen molar-refractivity contribution in [3.05, 3.63) is 58.3 Å². The second-order valence-electron chi connectivity index (χ2n) is 7.34. The molecule has 0 aliphatic carbocycles. The third-order valence-electron chi connectivity index (χ3n) is 4.91. The lowest BCUT2D eigenvalue weighted by Crippen LogP contribution is -2.38. The number of carbonyl (C=O) groups is 2. The number of amidine groups is 1. The van der Waals surface area contributed by atoms with Crippen molar-refractivity contribution in [2.45, 2.75) is 46.3 Å². The van der Waals surface area contributed by atoms with E-state index in [1.54, 1.807) is 11.9 Å². The van der Waals surface area contributed by atoms with Gasteiger partial charge in [0.25, 0.3) is 0 Å². The number of allylic oxidation sites excluding steroid dienone is 1. The van der Waals surface area contributed by atoms with Crippen LogP contribution in [0.2, 0.25) is 0 Å². The van der Waals surface area contributed by atoms with Crippen molar-refractivity contribution < 1.29 is 14.3 Å². The van der Waals surface area contributed by atoms with Crippen molar-refractivity contribution in [3.8, 4) is 0 Å². The molecular weight excluding hydrogens is 386 g/mol. The average molecular weight is 414 g/mol. The van der Waals surface area contributed by atoms with E-state index in [1.807, 2.05) is 68.3 Å². The fourth-order valence-corrected chi connectivity index (χ4v) is 4.29. The lowest BCUT2D eigenvalue weighted by atomic mass is 9.94. The van der Waals surface area contributed by atoms with Crippen molar-refractivity contribution in [1.29, 1.82) is 0 Å². The van der Waals surface area contributed by atoms with E-state index in [4.69, 9.17) is 4.74 Å². The number of hydrogen-bond acceptors (Lipinski definition) is 6. The summed E-state index contributed by atoms with van der Waals surface area (Å²) in [5.74, 6) is -0.340. The van der Waals surface area contributed by atoms with E-state index in [9.17, 15) is 9.59 Å². The quantitative estimate of drug-likeness (QED) is 0.658. The smallest absolute Gasteiger partial charge is 0.338 e. The largest absolute Gasteiger partial charge is 0.459 e. The molecule has 0 bridgehead atoms. The fraction of sp³-hybridized carbons (Fsp3) is 0.409. The van der Waals surface area contributed by atoms with Gasteiger partial charge in [0, 0.05) is 19.3 Å². The number of carbonyl (C=O) groups excluding carboxylic acids is 2. The van der Waals surface area contributed by atoms with Gasteiger partial charge in [0.15, 0.2) is 5.17 Å². The molecule has 1 amide bonds. The molecule has 2 aliphatic heterocycles. The number of amides is 1. The van der Waals surface area contributed by atoms with Crippen LogP contribution in [0.1, 0.15) is 45.7 Å². The molecule has 29 heavy (non-hydrogen) atoms. The first kappa shape index (κ1) is 21.2. The Hall–Kier alpha value is -2.54. The molecule has 2 heterocycles. The number of fused-ring (bicyclic) bond motifs is 1. The third kappa shape index (κ3) is 4.40. The van der Waals surface area contributed by atoms with Gasteiger partial charge in [-0.2, -0.15) is 0 Å². The van der Waals surface area contributed by atoms with E-state index in [0.29, 0.717) is 17.8 Å². The maximum atomic E-state index is 13.0. The number of aliphatic imine (C=N–C) groups is 1. The van der Waals surface area contributed by atoms with Gasteiger partial charge in [-0.25, -0.2) is 9.79 Å². The summed E-state index contributed by atoms with van der Waals surface area (Å²) in [4.78, 5) is 33.9. The Labute approximate surface area is 176 Å². The predicted octanol–water partition coefficient (Wildman–Crippen LogP) is 4.08. The van der Waals surface area contributed by atoms with Gasteiger partial charge < -0.3 is 14.5 Å². The Morgan fingerprint density at radius 3 is 2.59 bits per heavy atom. The fourth-order valence-electron chi connectivity index (χ4n) is 3.33. The first-order valence-electron chi connectivity index (χ1n) is 9.77. The van der Waals surface area contributed by atoms with Crippen LogP contribution >= 0.6 is 11.8 Å². The van der Waals surface area contributed by atoms with Gasteiger partial charge in [-0.15, -0.1) is 0 Å².